The lowest BCUT2D eigenvalue weighted by Crippen LogP contribution is -2.70. The van der Waals surface area contributed by atoms with Gasteiger partial charge in [-0.25, -0.2) is 4.79 Å². The third-order valence-electron chi connectivity index (χ3n) is 16.6. The maximum Gasteiger partial charge on any atom is 0.364 e. The highest BCUT2D eigenvalue weighted by Crippen LogP contribution is 2.38. The van der Waals surface area contributed by atoms with E-state index in [2.05, 4.69) is 36.6 Å². The molecular formula is C63H114N2O21. The van der Waals surface area contributed by atoms with E-state index in [9.17, 15) is 75.7 Å². The molecule has 2 amide bonds. The highest BCUT2D eigenvalue weighted by atomic mass is 16.8. The van der Waals surface area contributed by atoms with E-state index in [4.69, 9.17) is 28.4 Å². The fourth-order valence-corrected chi connectivity index (χ4v) is 11.3. The van der Waals surface area contributed by atoms with Crippen LogP contribution in [0.15, 0.2) is 24.3 Å². The van der Waals surface area contributed by atoms with Crippen LogP contribution in [0.4, 0.5) is 0 Å². The van der Waals surface area contributed by atoms with Crippen LogP contribution in [0.2, 0.25) is 0 Å². The number of aliphatic carboxylic acids is 1. The summed E-state index contributed by atoms with van der Waals surface area (Å²) in [5.74, 6) is -6.15. The van der Waals surface area contributed by atoms with Crippen LogP contribution in [0, 0.1) is 0 Å². The lowest BCUT2D eigenvalue weighted by molar-refractivity contribution is -0.386. The van der Waals surface area contributed by atoms with Crippen molar-refractivity contribution < 1.29 is 104 Å². The van der Waals surface area contributed by atoms with E-state index in [1.807, 2.05) is 6.08 Å². The SMILES string of the molecule is CCCCCCCCC/C=C/C(O)C(COC1OC(CO)C(OC2OC(CO)C(O)C(OC3(C(=O)O)CC(O)C(NC(C)=O)C(C(O)C(O)CO)O3)C2O)C(O)C1O)NC(=O)CCCCCCCCC/C=C\CCCCCCCCCCCCCC. The standard InChI is InChI=1S/C63H114N2O21/c1-4-6-8-10-12-14-15-16-17-18-19-20-21-22-23-24-25-26-27-29-31-33-35-37-50(73)65-44(45(70)36-34-32-30-28-13-11-9-7-5-2)42-81-60-55(77)54(76)57(49(41-68)83-60)84-61-56(78)59(53(75)48(40-67)82-61)86-63(62(79)80)38-46(71)51(64-43(3)69)58(85-63)52(74)47(72)39-66/h22-23,34,36,44-49,51-61,66-68,70-72,74-78H,4-21,24-33,35,37-42H2,1-3H3,(H,64,69)(H,65,73)(H,79,80)/b23-22-,36-34+. The van der Waals surface area contributed by atoms with Crippen LogP contribution in [-0.2, 0) is 42.8 Å². The number of carbonyl (C=O) groups excluding carboxylic acids is 2. The van der Waals surface area contributed by atoms with Gasteiger partial charge in [0, 0.05) is 19.8 Å². The minimum absolute atomic E-state index is 0.195. The molecule has 0 aromatic heterocycles. The molecule has 0 aromatic carbocycles. The maximum atomic E-state index is 13.4. The van der Waals surface area contributed by atoms with Gasteiger partial charge in [-0.05, 0) is 44.9 Å². The van der Waals surface area contributed by atoms with E-state index in [-0.39, 0.29) is 12.3 Å². The molecule has 23 nitrogen and oxygen atoms in total. The number of amides is 2. The van der Waals surface area contributed by atoms with Crippen LogP contribution in [-0.4, -0.2) is 215 Å². The van der Waals surface area contributed by atoms with Crippen LogP contribution in [0.5, 0.6) is 0 Å². The average molecular weight is 1240 g/mol. The van der Waals surface area contributed by atoms with Gasteiger partial charge in [0.1, 0.15) is 67.1 Å². The number of allylic oxidation sites excluding steroid dienone is 3. The van der Waals surface area contributed by atoms with Crippen LogP contribution in [0.25, 0.3) is 0 Å². The van der Waals surface area contributed by atoms with Crippen molar-refractivity contribution in [1.29, 1.82) is 0 Å². The number of carbonyl (C=O) groups is 3. The molecule has 3 aliphatic rings. The van der Waals surface area contributed by atoms with Crippen LogP contribution in [0.3, 0.4) is 0 Å². The van der Waals surface area contributed by atoms with Gasteiger partial charge in [-0.3, -0.25) is 9.59 Å². The molecule has 86 heavy (non-hydrogen) atoms. The lowest BCUT2D eigenvalue weighted by Gasteiger charge is -2.50. The summed E-state index contributed by atoms with van der Waals surface area (Å²) in [6.45, 7) is 2.07. The number of ether oxygens (including phenoxy) is 6. The van der Waals surface area contributed by atoms with E-state index in [1.165, 1.54) is 89.9 Å². The molecule has 502 valence electrons. The fraction of sp³-hybridized carbons (Fsp3) is 0.889. The van der Waals surface area contributed by atoms with Gasteiger partial charge in [0.2, 0.25) is 11.8 Å². The Morgan fingerprint density at radius 3 is 1.58 bits per heavy atom. The second-order valence-electron chi connectivity index (χ2n) is 24.0. The van der Waals surface area contributed by atoms with Gasteiger partial charge < -0.3 is 100 Å². The Morgan fingerprint density at radius 2 is 1.09 bits per heavy atom. The zero-order valence-electron chi connectivity index (χ0n) is 51.9. The number of carboxylic acid groups (broad SMARTS) is 1. The molecule has 3 aliphatic heterocycles. The third-order valence-corrected chi connectivity index (χ3v) is 16.6. The second-order valence-corrected chi connectivity index (χ2v) is 24.0. The number of hydrogen-bond donors (Lipinski definition) is 14. The first-order valence-electron chi connectivity index (χ1n) is 32.7. The monoisotopic (exact) mass is 1230 g/mol. The number of carboxylic acids is 1. The van der Waals surface area contributed by atoms with Crippen LogP contribution in [0.1, 0.15) is 220 Å². The van der Waals surface area contributed by atoms with E-state index in [1.54, 1.807) is 6.08 Å². The Morgan fingerprint density at radius 1 is 0.605 bits per heavy atom. The van der Waals surface area contributed by atoms with E-state index in [0.29, 0.717) is 12.8 Å². The highest BCUT2D eigenvalue weighted by molar-refractivity contribution is 5.77. The molecule has 0 spiro atoms. The Bertz CT molecular complexity index is 1850. The molecule has 0 aliphatic carbocycles. The summed E-state index contributed by atoms with van der Waals surface area (Å²) in [6, 6.07) is -2.62. The highest BCUT2D eigenvalue weighted by Gasteiger charge is 2.60. The summed E-state index contributed by atoms with van der Waals surface area (Å²) < 4.78 is 34.7. The average Bonchev–Trinajstić information content (AvgIpc) is 0.920. The topological polar surface area (TPSA) is 373 Å². The molecule has 3 saturated heterocycles. The first kappa shape index (κ1) is 77.5. The summed E-state index contributed by atoms with van der Waals surface area (Å²) in [6.07, 6.45) is 12.7. The molecule has 3 fully saturated rings. The van der Waals surface area contributed by atoms with Crippen molar-refractivity contribution >= 4 is 17.8 Å². The van der Waals surface area contributed by atoms with Gasteiger partial charge in [0.15, 0.2) is 12.6 Å². The molecule has 0 saturated carbocycles. The number of aliphatic hydroxyl groups is 11. The van der Waals surface area contributed by atoms with Crippen LogP contribution >= 0.6 is 0 Å². The van der Waals surface area contributed by atoms with Crippen molar-refractivity contribution in [2.75, 3.05) is 26.4 Å². The molecule has 0 radical (unpaired) electrons. The summed E-state index contributed by atoms with van der Waals surface area (Å²) in [5.41, 5.74) is 0. The van der Waals surface area contributed by atoms with Crippen molar-refractivity contribution in [1.82, 2.24) is 10.6 Å². The van der Waals surface area contributed by atoms with Gasteiger partial charge in [-0.15, -0.1) is 0 Å². The molecule has 14 N–H and O–H groups in total. The Labute approximate surface area is 511 Å². The quantitative estimate of drug-likeness (QED) is 0.0294. The van der Waals surface area contributed by atoms with Crippen molar-refractivity contribution in [2.45, 2.75) is 330 Å². The number of unbranched alkanes of at least 4 members (excludes halogenated alkanes) is 26. The molecule has 18 atom stereocenters. The summed E-state index contributed by atoms with van der Waals surface area (Å²) in [7, 11) is 0. The smallest absolute Gasteiger partial charge is 0.364 e. The minimum atomic E-state index is -3.08. The van der Waals surface area contributed by atoms with E-state index < -0.39 is 155 Å². The number of aliphatic hydroxyl groups excluding tert-OH is 11. The molecular weight excluding hydrogens is 1120 g/mol. The molecule has 3 heterocycles. The Hall–Kier alpha value is -2.79. The van der Waals surface area contributed by atoms with E-state index >= 15 is 0 Å². The molecule has 23 heteroatoms. The molecule has 3 rings (SSSR count). The van der Waals surface area contributed by atoms with Crippen molar-refractivity contribution in [3.05, 3.63) is 24.3 Å². The third kappa shape index (κ3) is 27.8. The van der Waals surface area contributed by atoms with Crippen LogP contribution < -0.4 is 10.6 Å². The second kappa shape index (κ2) is 44.6. The van der Waals surface area contributed by atoms with Crippen molar-refractivity contribution in [3.8, 4) is 0 Å². The van der Waals surface area contributed by atoms with Gasteiger partial charge in [0.05, 0.1) is 50.7 Å². The lowest BCUT2D eigenvalue weighted by atomic mass is 9.88. The van der Waals surface area contributed by atoms with Gasteiger partial charge >= 0.3 is 5.97 Å². The molecule has 0 aromatic rings. The zero-order chi connectivity index (χ0) is 63.3. The largest absolute Gasteiger partial charge is 0.477 e. The number of rotatable bonds is 48. The predicted octanol–water partition coefficient (Wildman–Crippen LogP) is 4.50. The fourth-order valence-electron chi connectivity index (χ4n) is 11.3. The normalized spacial score (nSPS) is 29.5. The number of nitrogens with one attached hydrogen (secondary N) is 2. The zero-order valence-corrected chi connectivity index (χ0v) is 51.9. The summed E-state index contributed by atoms with van der Waals surface area (Å²) in [5, 5.41) is 135. The van der Waals surface area contributed by atoms with Crippen molar-refractivity contribution in [3.63, 3.8) is 0 Å². The first-order chi connectivity index (χ1) is 41.4. The summed E-state index contributed by atoms with van der Waals surface area (Å²) in [4.78, 5) is 38.4. The molecule has 0 bridgehead atoms. The Kier molecular flexibility index (Phi) is 40.2. The number of hydrogen-bond acceptors (Lipinski definition) is 20. The van der Waals surface area contributed by atoms with Gasteiger partial charge in [0.25, 0.3) is 5.79 Å². The van der Waals surface area contributed by atoms with E-state index in [0.717, 1.165) is 90.4 Å². The maximum absolute atomic E-state index is 13.4. The molecule has 18 unspecified atom stereocenters. The van der Waals surface area contributed by atoms with Gasteiger partial charge in [-0.1, -0.05) is 179 Å². The first-order valence-corrected chi connectivity index (χ1v) is 32.7. The predicted molar refractivity (Wildman–Crippen MR) is 320 cm³/mol. The summed E-state index contributed by atoms with van der Waals surface area (Å²) >= 11 is 0. The van der Waals surface area contributed by atoms with Gasteiger partial charge in [-0.2, -0.15) is 0 Å². The Balaban J connectivity index is 1.57. The minimum Gasteiger partial charge on any atom is -0.477 e. The van der Waals surface area contributed by atoms with Crippen molar-refractivity contribution in [2.24, 2.45) is 0 Å².